The average Bonchev–Trinajstić information content (AvgIpc) is 3.33. The fraction of sp³-hybridized carbons (Fsp3) is 0.458. The Morgan fingerprint density at radius 1 is 1.14 bits per heavy atom. The predicted molar refractivity (Wildman–Crippen MR) is 120 cm³/mol. The van der Waals surface area contributed by atoms with Gasteiger partial charge >= 0.3 is 6.18 Å². The molecule has 0 radical (unpaired) electrons. The number of rotatable bonds is 4. The number of alkyl halides is 3. The van der Waals surface area contributed by atoms with Gasteiger partial charge in [-0.05, 0) is 42.9 Å². The van der Waals surface area contributed by atoms with Crippen LogP contribution in [-0.4, -0.2) is 59.9 Å². The molecule has 2 atom stereocenters. The summed E-state index contributed by atoms with van der Waals surface area (Å²) < 4.78 is 40.4. The van der Waals surface area contributed by atoms with Crippen molar-refractivity contribution in [1.82, 2.24) is 20.2 Å². The monoisotopic (exact) mass is 486 g/mol. The highest BCUT2D eigenvalue weighted by atomic mass is 19.4. The van der Waals surface area contributed by atoms with E-state index >= 15 is 0 Å². The Balaban J connectivity index is 1.50. The normalized spacial score (nSPS) is 21.0. The highest BCUT2D eigenvalue weighted by Crippen LogP contribution is 2.40. The van der Waals surface area contributed by atoms with Crippen molar-refractivity contribution < 1.29 is 22.8 Å². The number of likely N-dealkylation sites (tertiary alicyclic amines) is 1. The molecule has 2 aromatic rings. The summed E-state index contributed by atoms with van der Waals surface area (Å²) in [5, 5.41) is 11.8. The van der Waals surface area contributed by atoms with Gasteiger partial charge in [-0.1, -0.05) is 0 Å². The van der Waals surface area contributed by atoms with Gasteiger partial charge in [0.15, 0.2) is 0 Å². The van der Waals surface area contributed by atoms with Crippen molar-refractivity contribution in [2.24, 2.45) is 17.8 Å². The lowest BCUT2D eigenvalue weighted by Crippen LogP contribution is -2.43. The maximum atomic E-state index is 13.5. The van der Waals surface area contributed by atoms with E-state index in [0.717, 1.165) is 6.07 Å². The Kier molecular flexibility index (Phi) is 6.91. The molecule has 184 valence electrons. The van der Waals surface area contributed by atoms with Crippen molar-refractivity contribution in [2.75, 3.05) is 38.1 Å². The molecule has 2 aliphatic heterocycles. The molecule has 0 saturated carbocycles. The first-order chi connectivity index (χ1) is 16.7. The summed E-state index contributed by atoms with van der Waals surface area (Å²) >= 11 is 0. The van der Waals surface area contributed by atoms with E-state index in [4.69, 9.17) is 5.26 Å². The van der Waals surface area contributed by atoms with E-state index in [1.165, 1.54) is 30.9 Å². The Morgan fingerprint density at radius 3 is 2.43 bits per heavy atom. The van der Waals surface area contributed by atoms with Crippen molar-refractivity contribution >= 4 is 17.5 Å². The number of benzene rings is 1. The standard InChI is InChI=1S/C24H25F3N6O2/c1-29-22(34)20-13-33(18-3-2-16(9-28)21(8-18)24(25,26)27)12-19(20)15-4-6-32(7-5-15)23(35)17-10-30-14-31-11-17/h2-3,8,10-11,14-15,19-20H,4-7,12-13H2,1H3,(H,29,34)/t19-,20+/m0/s1. The number of amides is 2. The van der Waals surface area contributed by atoms with Crippen LogP contribution in [0.25, 0.3) is 0 Å². The molecule has 2 aliphatic rings. The maximum absolute atomic E-state index is 13.5. The summed E-state index contributed by atoms with van der Waals surface area (Å²) in [6.07, 6.45) is 1.04. The van der Waals surface area contributed by atoms with Crippen molar-refractivity contribution in [3.8, 4) is 6.07 Å². The van der Waals surface area contributed by atoms with Crippen LogP contribution in [0.4, 0.5) is 18.9 Å². The number of aromatic nitrogens is 2. The molecule has 0 aliphatic carbocycles. The van der Waals surface area contributed by atoms with Crippen molar-refractivity contribution in [3.63, 3.8) is 0 Å². The average molecular weight is 486 g/mol. The number of nitriles is 1. The second-order valence-corrected chi connectivity index (χ2v) is 8.89. The number of anilines is 1. The van der Waals surface area contributed by atoms with Gasteiger partial charge < -0.3 is 15.1 Å². The van der Waals surface area contributed by atoms with Gasteiger partial charge in [-0.15, -0.1) is 0 Å². The van der Waals surface area contributed by atoms with Crippen LogP contribution >= 0.6 is 0 Å². The van der Waals surface area contributed by atoms with Gasteiger partial charge in [-0.25, -0.2) is 9.97 Å². The van der Waals surface area contributed by atoms with Gasteiger partial charge in [0.1, 0.15) is 6.33 Å². The second-order valence-electron chi connectivity index (χ2n) is 8.89. The number of hydrogen-bond donors (Lipinski definition) is 1. The minimum atomic E-state index is -4.65. The molecular weight excluding hydrogens is 461 g/mol. The Labute approximate surface area is 200 Å². The number of nitrogens with one attached hydrogen (secondary N) is 1. The third-order valence-electron chi connectivity index (χ3n) is 6.98. The minimum absolute atomic E-state index is 0.0720. The lowest BCUT2D eigenvalue weighted by atomic mass is 9.78. The molecule has 0 unspecified atom stereocenters. The summed E-state index contributed by atoms with van der Waals surface area (Å²) in [6.45, 7) is 1.75. The topological polar surface area (TPSA) is 102 Å². The second kappa shape index (κ2) is 9.90. The largest absolute Gasteiger partial charge is 0.417 e. The van der Waals surface area contributed by atoms with Gasteiger partial charge in [0.05, 0.1) is 28.7 Å². The molecule has 1 N–H and O–H groups in total. The molecule has 1 aromatic carbocycles. The fourth-order valence-corrected chi connectivity index (χ4v) is 5.16. The van der Waals surface area contributed by atoms with E-state index in [2.05, 4.69) is 15.3 Å². The van der Waals surface area contributed by atoms with Crippen LogP contribution < -0.4 is 10.2 Å². The number of nitrogens with zero attached hydrogens (tertiary/aromatic N) is 5. The highest BCUT2D eigenvalue weighted by Gasteiger charge is 2.43. The summed E-state index contributed by atoms with van der Waals surface area (Å²) in [5.74, 6) is -0.616. The van der Waals surface area contributed by atoms with Crippen LogP contribution in [0.3, 0.4) is 0 Å². The molecule has 35 heavy (non-hydrogen) atoms. The van der Waals surface area contributed by atoms with Crippen LogP contribution in [-0.2, 0) is 11.0 Å². The zero-order chi connectivity index (χ0) is 25.2. The first-order valence-electron chi connectivity index (χ1n) is 11.3. The zero-order valence-corrected chi connectivity index (χ0v) is 19.1. The first-order valence-corrected chi connectivity index (χ1v) is 11.3. The quantitative estimate of drug-likeness (QED) is 0.713. The summed E-state index contributed by atoms with van der Waals surface area (Å²) in [6, 6.07) is 5.27. The highest BCUT2D eigenvalue weighted by molar-refractivity contribution is 5.93. The number of carbonyl (C=O) groups excluding carboxylic acids is 2. The molecule has 11 heteroatoms. The third kappa shape index (κ3) is 5.06. The molecule has 2 saturated heterocycles. The maximum Gasteiger partial charge on any atom is 0.417 e. The zero-order valence-electron chi connectivity index (χ0n) is 19.1. The van der Waals surface area contributed by atoms with E-state index in [0.29, 0.717) is 43.7 Å². The summed E-state index contributed by atoms with van der Waals surface area (Å²) in [5.41, 5.74) is -0.651. The smallest absolute Gasteiger partial charge is 0.370 e. The molecule has 1 aromatic heterocycles. The van der Waals surface area contributed by atoms with Gasteiger partial charge in [0.2, 0.25) is 5.91 Å². The third-order valence-corrected chi connectivity index (χ3v) is 6.98. The molecule has 8 nitrogen and oxygen atoms in total. The van der Waals surface area contributed by atoms with Crippen LogP contribution in [0, 0.1) is 29.1 Å². The van der Waals surface area contributed by atoms with E-state index in [9.17, 15) is 22.8 Å². The van der Waals surface area contributed by atoms with E-state index in [1.807, 2.05) is 0 Å². The van der Waals surface area contributed by atoms with Crippen LogP contribution in [0.1, 0.15) is 34.3 Å². The number of carbonyl (C=O) groups is 2. The summed E-state index contributed by atoms with van der Waals surface area (Å²) in [4.78, 5) is 36.7. The van der Waals surface area contributed by atoms with E-state index < -0.39 is 17.3 Å². The van der Waals surface area contributed by atoms with Gasteiger partial charge in [0, 0.05) is 51.3 Å². The van der Waals surface area contributed by atoms with Gasteiger partial charge in [-0.2, -0.15) is 18.4 Å². The SMILES string of the molecule is CNC(=O)[C@@H]1CN(c2ccc(C#N)c(C(F)(F)F)c2)C[C@H]1C1CCN(C(=O)c2cncnc2)CC1. The Hall–Kier alpha value is -3.68. The number of halogens is 3. The van der Waals surface area contributed by atoms with Gasteiger partial charge in [-0.3, -0.25) is 9.59 Å². The summed E-state index contributed by atoms with van der Waals surface area (Å²) in [7, 11) is 1.55. The van der Waals surface area contributed by atoms with E-state index in [-0.39, 0.29) is 36.1 Å². The van der Waals surface area contributed by atoms with Crippen LogP contribution in [0.5, 0.6) is 0 Å². The van der Waals surface area contributed by atoms with Crippen LogP contribution in [0.2, 0.25) is 0 Å². The van der Waals surface area contributed by atoms with E-state index in [1.54, 1.807) is 22.9 Å². The van der Waals surface area contributed by atoms with Crippen molar-refractivity contribution in [3.05, 3.63) is 53.6 Å². The minimum Gasteiger partial charge on any atom is -0.370 e. The van der Waals surface area contributed by atoms with Crippen LogP contribution in [0.15, 0.2) is 36.9 Å². The molecule has 4 rings (SSSR count). The lowest BCUT2D eigenvalue weighted by Gasteiger charge is -2.36. The lowest BCUT2D eigenvalue weighted by molar-refractivity contribution is -0.137. The Bertz CT molecular complexity index is 1130. The molecule has 2 fully saturated rings. The fourth-order valence-electron chi connectivity index (χ4n) is 5.16. The van der Waals surface area contributed by atoms with Crippen molar-refractivity contribution in [2.45, 2.75) is 19.0 Å². The molecule has 0 spiro atoms. The number of piperidine rings is 1. The number of hydrogen-bond acceptors (Lipinski definition) is 6. The van der Waals surface area contributed by atoms with Crippen molar-refractivity contribution in [1.29, 1.82) is 5.26 Å². The molecule has 2 amide bonds. The first kappa shape index (κ1) is 24.4. The molecular formula is C24H25F3N6O2. The Morgan fingerprint density at radius 2 is 1.83 bits per heavy atom. The predicted octanol–water partition coefficient (Wildman–Crippen LogP) is 2.72. The van der Waals surface area contributed by atoms with Gasteiger partial charge in [0.25, 0.3) is 5.91 Å². The molecule has 3 heterocycles. The molecule has 0 bridgehead atoms.